The summed E-state index contributed by atoms with van der Waals surface area (Å²) in [6.45, 7) is 16.1. The Labute approximate surface area is 231 Å². The Morgan fingerprint density at radius 1 is 0.579 bits per heavy atom. The summed E-state index contributed by atoms with van der Waals surface area (Å²) in [6.07, 6.45) is 0. The minimum Gasteiger partial charge on any atom is -0.399 e. The van der Waals surface area contributed by atoms with Crippen molar-refractivity contribution in [3.63, 3.8) is 0 Å². The van der Waals surface area contributed by atoms with Gasteiger partial charge in [0.1, 0.15) is 0 Å². The molecule has 6 heterocycles. The third kappa shape index (κ3) is 3.80. The molecule has 0 radical (unpaired) electrons. The topological polar surface area (TPSA) is 95.1 Å². The van der Waals surface area contributed by atoms with Crippen molar-refractivity contribution in [1.29, 1.82) is 0 Å². The summed E-state index contributed by atoms with van der Waals surface area (Å²) in [4.78, 5) is 27.8. The lowest BCUT2D eigenvalue weighted by Crippen LogP contribution is -2.41. The van der Waals surface area contributed by atoms with Crippen LogP contribution in [0.25, 0.3) is 11.4 Å². The zero-order valence-corrected chi connectivity index (χ0v) is 24.4. The van der Waals surface area contributed by atoms with Gasteiger partial charge < -0.3 is 29.3 Å². The number of fused-ring (bicyclic) bond motifs is 1. The number of thiophene rings is 2. The zero-order valence-electron chi connectivity index (χ0n) is 22.7. The van der Waals surface area contributed by atoms with E-state index >= 15 is 0 Å². The van der Waals surface area contributed by atoms with Crippen LogP contribution in [0.4, 0.5) is 0 Å². The average molecular weight is 552 g/mol. The van der Waals surface area contributed by atoms with Gasteiger partial charge in [0.2, 0.25) is 0 Å². The molecular weight excluding hydrogens is 522 g/mol. The molecule has 0 saturated carbocycles. The van der Waals surface area contributed by atoms with Crippen molar-refractivity contribution >= 4 is 69.7 Å². The second kappa shape index (κ2) is 8.16. The third-order valence-electron chi connectivity index (χ3n) is 8.40. The van der Waals surface area contributed by atoms with Crippen LogP contribution in [0.15, 0.2) is 35.4 Å². The number of hydrogen-bond acceptors (Lipinski definition) is 8. The van der Waals surface area contributed by atoms with Crippen molar-refractivity contribution < 1.29 is 28.2 Å². The molecular formula is C26H30B2N2O6S2. The predicted octanol–water partition coefficient (Wildman–Crippen LogP) is 2.79. The minimum atomic E-state index is -0.510. The number of carbonyl (C=O) groups excluding carboxylic acids is 2. The lowest BCUT2D eigenvalue weighted by molar-refractivity contribution is -0.117. The van der Waals surface area contributed by atoms with Crippen LogP contribution in [0.1, 0.15) is 65.1 Å². The summed E-state index contributed by atoms with van der Waals surface area (Å²) in [5, 5.41) is 5.86. The van der Waals surface area contributed by atoms with E-state index in [1.165, 1.54) is 22.7 Å². The van der Waals surface area contributed by atoms with Gasteiger partial charge in [0.25, 0.3) is 11.8 Å². The van der Waals surface area contributed by atoms with E-state index in [0.717, 1.165) is 19.3 Å². The van der Waals surface area contributed by atoms with Gasteiger partial charge in [-0.3, -0.25) is 9.59 Å². The molecule has 2 fully saturated rings. The smallest absolute Gasteiger partial charge is 0.399 e. The normalized spacial score (nSPS) is 24.9. The predicted molar refractivity (Wildman–Crippen MR) is 150 cm³/mol. The van der Waals surface area contributed by atoms with Gasteiger partial charge in [-0.15, -0.1) is 22.7 Å². The SMILES string of the molecule is CC1(C)OB(c2ccc(C3=C4C(=O)NC(c5ccc(B6OC(C)(C)C(C)(C)O6)s5)=C4C(=O)N3)s2)OC1(C)C. The highest BCUT2D eigenvalue weighted by atomic mass is 32.1. The summed E-state index contributed by atoms with van der Waals surface area (Å²) in [7, 11) is -1.02. The van der Waals surface area contributed by atoms with Crippen molar-refractivity contribution in [1.82, 2.24) is 10.6 Å². The van der Waals surface area contributed by atoms with Gasteiger partial charge in [0.15, 0.2) is 0 Å². The van der Waals surface area contributed by atoms with E-state index in [4.69, 9.17) is 18.6 Å². The molecule has 38 heavy (non-hydrogen) atoms. The maximum absolute atomic E-state index is 13.1. The summed E-state index contributed by atoms with van der Waals surface area (Å²) in [5.74, 6) is -0.612. The van der Waals surface area contributed by atoms with E-state index in [9.17, 15) is 9.59 Å². The quantitative estimate of drug-likeness (QED) is 0.567. The first kappa shape index (κ1) is 26.0. The first-order valence-corrected chi connectivity index (χ1v) is 14.3. The zero-order chi connectivity index (χ0) is 27.4. The van der Waals surface area contributed by atoms with Crippen molar-refractivity contribution in [3.05, 3.63) is 45.2 Å². The minimum absolute atomic E-state index is 0.306. The third-order valence-corrected chi connectivity index (χ3v) is 10.6. The maximum Gasteiger partial charge on any atom is 0.505 e. The number of rotatable bonds is 4. The molecule has 8 nitrogen and oxygen atoms in total. The van der Waals surface area contributed by atoms with Gasteiger partial charge in [-0.05, 0) is 67.5 Å². The molecule has 0 aliphatic carbocycles. The molecule has 2 amide bonds. The number of amides is 2. The molecule has 0 spiro atoms. The average Bonchev–Trinajstić information content (AvgIpc) is 3.60. The summed E-state index contributed by atoms with van der Waals surface area (Å²) in [5.41, 5.74) is -0.0959. The number of nitrogens with one attached hydrogen (secondary N) is 2. The van der Waals surface area contributed by atoms with Crippen molar-refractivity contribution in [2.75, 3.05) is 0 Å². The van der Waals surface area contributed by atoms with E-state index in [2.05, 4.69) is 10.6 Å². The van der Waals surface area contributed by atoms with Crippen LogP contribution in [0.3, 0.4) is 0 Å². The molecule has 2 aromatic rings. The van der Waals surface area contributed by atoms with Crippen LogP contribution in [-0.2, 0) is 28.2 Å². The molecule has 4 aliphatic rings. The lowest BCUT2D eigenvalue weighted by Gasteiger charge is -2.32. The fraction of sp³-hybridized carbons (Fsp3) is 0.462. The van der Waals surface area contributed by atoms with Crippen molar-refractivity contribution in [2.45, 2.75) is 77.8 Å². The Morgan fingerprint density at radius 3 is 1.21 bits per heavy atom. The van der Waals surface area contributed by atoms with Crippen LogP contribution in [0.5, 0.6) is 0 Å². The van der Waals surface area contributed by atoms with E-state index in [-0.39, 0.29) is 11.8 Å². The van der Waals surface area contributed by atoms with E-state index in [1.807, 2.05) is 79.7 Å². The maximum atomic E-state index is 13.1. The summed E-state index contributed by atoms with van der Waals surface area (Å²) < 4.78 is 26.5. The Bertz CT molecular complexity index is 1310. The monoisotopic (exact) mass is 552 g/mol. The van der Waals surface area contributed by atoms with E-state index in [1.54, 1.807) is 0 Å². The van der Waals surface area contributed by atoms with Crippen LogP contribution in [-0.4, -0.2) is 48.5 Å². The highest BCUT2D eigenvalue weighted by Crippen LogP contribution is 2.41. The van der Waals surface area contributed by atoms with Gasteiger partial charge in [-0.2, -0.15) is 0 Å². The van der Waals surface area contributed by atoms with Crippen LogP contribution >= 0.6 is 22.7 Å². The highest BCUT2D eigenvalue weighted by molar-refractivity contribution is 7.23. The fourth-order valence-corrected chi connectivity index (χ4v) is 6.64. The molecule has 4 aliphatic heterocycles. The molecule has 2 N–H and O–H groups in total. The van der Waals surface area contributed by atoms with E-state index in [0.29, 0.717) is 22.5 Å². The first-order valence-electron chi connectivity index (χ1n) is 12.6. The molecule has 12 heteroatoms. The van der Waals surface area contributed by atoms with E-state index < -0.39 is 36.6 Å². The largest absolute Gasteiger partial charge is 0.505 e. The van der Waals surface area contributed by atoms with Gasteiger partial charge in [0, 0.05) is 9.55 Å². The van der Waals surface area contributed by atoms with Crippen LogP contribution < -0.4 is 20.2 Å². The van der Waals surface area contributed by atoms with Crippen LogP contribution in [0.2, 0.25) is 0 Å². The Morgan fingerprint density at radius 2 is 0.895 bits per heavy atom. The Hall–Kier alpha value is -2.21. The molecule has 0 aromatic carbocycles. The molecule has 198 valence electrons. The van der Waals surface area contributed by atoms with Gasteiger partial charge in [0.05, 0.1) is 54.7 Å². The van der Waals surface area contributed by atoms with Gasteiger partial charge >= 0.3 is 14.2 Å². The number of carbonyl (C=O) groups is 2. The fourth-order valence-electron chi connectivity index (χ4n) is 4.70. The summed E-state index contributed by atoms with van der Waals surface area (Å²) in [6, 6.07) is 7.63. The lowest BCUT2D eigenvalue weighted by atomic mass is 9.88. The van der Waals surface area contributed by atoms with Crippen LogP contribution in [0, 0.1) is 0 Å². The Balaban J connectivity index is 1.31. The first-order chi connectivity index (χ1) is 17.6. The number of hydrogen-bond donors (Lipinski definition) is 2. The van der Waals surface area contributed by atoms with Gasteiger partial charge in [-0.25, -0.2) is 0 Å². The summed E-state index contributed by atoms with van der Waals surface area (Å²) >= 11 is 2.89. The molecule has 0 bridgehead atoms. The van der Waals surface area contributed by atoms with Gasteiger partial charge in [-0.1, -0.05) is 12.1 Å². The molecule has 0 unspecified atom stereocenters. The standard InChI is InChI=1S/C26H30B2N2O6S2/c1-23(2)24(3,4)34-27(33-23)15-11-9-13(37-15)19-17-18(22(32)29-19)20(30-21(17)31)14-10-12-16(38-14)28-35-25(5,6)26(7,8)36-28/h9-12H,1-8H3,(H,29,32)(H,30,31). The molecule has 6 rings (SSSR count). The Kier molecular flexibility index (Phi) is 5.59. The molecule has 0 atom stereocenters. The second-order valence-electron chi connectivity index (χ2n) is 12.0. The highest BCUT2D eigenvalue weighted by Gasteiger charge is 2.53. The molecule has 2 aromatic heterocycles. The van der Waals surface area contributed by atoms with Crippen molar-refractivity contribution in [2.24, 2.45) is 0 Å². The molecule has 2 saturated heterocycles. The second-order valence-corrected chi connectivity index (χ2v) is 14.2. The van der Waals surface area contributed by atoms with Crippen molar-refractivity contribution in [3.8, 4) is 0 Å².